The van der Waals surface area contributed by atoms with Crippen LogP contribution < -0.4 is 19.1 Å². The maximum atomic E-state index is 12.8. The van der Waals surface area contributed by atoms with Crippen molar-refractivity contribution in [3.8, 4) is 11.5 Å². The minimum absolute atomic E-state index is 0.216. The van der Waals surface area contributed by atoms with Gasteiger partial charge in [-0.25, -0.2) is 8.42 Å². The number of ether oxygens (including phenoxy) is 2. The SMILES string of the molecule is COc1ccc([C@@H](C)NC(=O)c2ccc(N(Cc3ccccc3C)S(C)(=O)=O)cc2)cc1OC. The van der Waals surface area contributed by atoms with Crippen LogP contribution in [0, 0.1) is 6.92 Å². The molecule has 34 heavy (non-hydrogen) atoms. The first kappa shape index (κ1) is 25.1. The highest BCUT2D eigenvalue weighted by Gasteiger charge is 2.20. The van der Waals surface area contributed by atoms with Gasteiger partial charge in [0, 0.05) is 5.56 Å². The van der Waals surface area contributed by atoms with Crippen molar-refractivity contribution in [2.45, 2.75) is 26.4 Å². The Morgan fingerprint density at radius 1 is 0.971 bits per heavy atom. The van der Waals surface area contributed by atoms with Gasteiger partial charge in [-0.1, -0.05) is 30.3 Å². The van der Waals surface area contributed by atoms with Crippen LogP contribution in [0.4, 0.5) is 5.69 Å². The summed E-state index contributed by atoms with van der Waals surface area (Å²) in [4.78, 5) is 12.8. The number of benzene rings is 3. The van der Waals surface area contributed by atoms with Gasteiger partial charge in [0.25, 0.3) is 5.91 Å². The van der Waals surface area contributed by atoms with Crippen molar-refractivity contribution in [3.05, 3.63) is 89.0 Å². The van der Waals surface area contributed by atoms with Crippen LogP contribution >= 0.6 is 0 Å². The Morgan fingerprint density at radius 3 is 2.21 bits per heavy atom. The molecule has 1 atom stereocenters. The number of aryl methyl sites for hydroxylation is 1. The van der Waals surface area contributed by atoms with E-state index in [1.54, 1.807) is 44.6 Å². The summed E-state index contributed by atoms with van der Waals surface area (Å²) in [6, 6.07) is 19.4. The Labute approximate surface area is 201 Å². The second-order valence-corrected chi connectivity index (χ2v) is 9.96. The zero-order valence-corrected chi connectivity index (χ0v) is 20.8. The van der Waals surface area contributed by atoms with E-state index in [2.05, 4.69) is 5.32 Å². The average Bonchev–Trinajstić information content (AvgIpc) is 2.82. The first-order valence-corrected chi connectivity index (χ1v) is 12.6. The Balaban J connectivity index is 1.77. The van der Waals surface area contributed by atoms with Crippen molar-refractivity contribution in [2.75, 3.05) is 24.8 Å². The second-order valence-electron chi connectivity index (χ2n) is 8.05. The van der Waals surface area contributed by atoms with Gasteiger partial charge < -0.3 is 14.8 Å². The molecule has 0 aliphatic rings. The zero-order valence-electron chi connectivity index (χ0n) is 20.0. The fraction of sp³-hybridized carbons (Fsp3) is 0.269. The minimum atomic E-state index is -3.52. The van der Waals surface area contributed by atoms with Gasteiger partial charge in [-0.15, -0.1) is 0 Å². The molecule has 1 amide bonds. The van der Waals surface area contributed by atoms with Crippen LogP contribution in [0.25, 0.3) is 0 Å². The lowest BCUT2D eigenvalue weighted by atomic mass is 10.1. The number of anilines is 1. The van der Waals surface area contributed by atoms with E-state index in [0.717, 1.165) is 16.7 Å². The van der Waals surface area contributed by atoms with Gasteiger partial charge in [0.05, 0.1) is 38.7 Å². The van der Waals surface area contributed by atoms with E-state index in [4.69, 9.17) is 9.47 Å². The highest BCUT2D eigenvalue weighted by molar-refractivity contribution is 7.92. The molecule has 3 aromatic rings. The Morgan fingerprint density at radius 2 is 1.62 bits per heavy atom. The van der Waals surface area contributed by atoms with E-state index in [0.29, 0.717) is 22.7 Å². The van der Waals surface area contributed by atoms with Gasteiger partial charge in [0.2, 0.25) is 10.0 Å². The molecule has 0 saturated heterocycles. The first-order chi connectivity index (χ1) is 16.1. The molecule has 0 unspecified atom stereocenters. The lowest BCUT2D eigenvalue weighted by molar-refractivity contribution is 0.0940. The molecule has 0 bridgehead atoms. The van der Waals surface area contributed by atoms with Crippen molar-refractivity contribution in [1.82, 2.24) is 5.32 Å². The first-order valence-electron chi connectivity index (χ1n) is 10.8. The summed E-state index contributed by atoms with van der Waals surface area (Å²) in [6.07, 6.45) is 1.18. The molecule has 7 nitrogen and oxygen atoms in total. The van der Waals surface area contributed by atoms with Gasteiger partial charge in [0.1, 0.15) is 0 Å². The molecule has 3 aromatic carbocycles. The molecule has 0 spiro atoms. The van der Waals surface area contributed by atoms with Crippen molar-refractivity contribution in [1.29, 1.82) is 0 Å². The zero-order chi connectivity index (χ0) is 24.9. The molecule has 180 valence electrons. The topological polar surface area (TPSA) is 84.9 Å². The molecule has 0 radical (unpaired) electrons. The number of hydrogen-bond donors (Lipinski definition) is 1. The van der Waals surface area contributed by atoms with Gasteiger partial charge in [0.15, 0.2) is 11.5 Å². The lowest BCUT2D eigenvalue weighted by Crippen LogP contribution is -2.30. The number of carbonyl (C=O) groups is 1. The third-order valence-electron chi connectivity index (χ3n) is 5.65. The summed E-state index contributed by atoms with van der Waals surface area (Å²) in [5.41, 5.74) is 3.72. The summed E-state index contributed by atoms with van der Waals surface area (Å²) < 4.78 is 36.9. The summed E-state index contributed by atoms with van der Waals surface area (Å²) in [5, 5.41) is 2.96. The van der Waals surface area contributed by atoms with E-state index in [-0.39, 0.29) is 18.5 Å². The second kappa shape index (κ2) is 10.6. The van der Waals surface area contributed by atoms with Gasteiger partial charge in [-0.3, -0.25) is 9.10 Å². The fourth-order valence-electron chi connectivity index (χ4n) is 3.61. The fourth-order valence-corrected chi connectivity index (χ4v) is 4.49. The van der Waals surface area contributed by atoms with Crippen LogP contribution in [0.15, 0.2) is 66.7 Å². The molecular formula is C26H30N2O5S. The molecule has 0 aromatic heterocycles. The van der Waals surface area contributed by atoms with E-state index in [9.17, 15) is 13.2 Å². The summed E-state index contributed by atoms with van der Waals surface area (Å²) in [5.74, 6) is 0.931. The van der Waals surface area contributed by atoms with Crippen LogP contribution in [0.3, 0.4) is 0 Å². The number of sulfonamides is 1. The van der Waals surface area contributed by atoms with Gasteiger partial charge in [-0.2, -0.15) is 0 Å². The number of nitrogens with zero attached hydrogens (tertiary/aromatic N) is 1. The molecule has 8 heteroatoms. The Hall–Kier alpha value is -3.52. The molecular weight excluding hydrogens is 452 g/mol. The average molecular weight is 483 g/mol. The Bertz CT molecular complexity index is 1260. The standard InChI is InChI=1S/C26H30N2O5S/c1-18-8-6-7-9-22(18)17-28(34(5,30)31)23-13-10-20(11-14-23)26(29)27-19(2)21-12-15-24(32-3)25(16-21)33-4/h6-16,19H,17H2,1-5H3,(H,27,29)/t19-/m1/s1. The summed E-state index contributed by atoms with van der Waals surface area (Å²) >= 11 is 0. The molecule has 0 saturated carbocycles. The van der Waals surface area contributed by atoms with Crippen molar-refractivity contribution < 1.29 is 22.7 Å². The predicted octanol–water partition coefficient (Wildman–Crippen LogP) is 4.47. The monoisotopic (exact) mass is 482 g/mol. The molecule has 1 N–H and O–H groups in total. The highest BCUT2D eigenvalue weighted by atomic mass is 32.2. The van der Waals surface area contributed by atoms with Crippen molar-refractivity contribution in [2.24, 2.45) is 0 Å². The summed E-state index contributed by atoms with van der Waals surface area (Å²) in [6.45, 7) is 4.04. The predicted molar refractivity (Wildman–Crippen MR) is 134 cm³/mol. The van der Waals surface area contributed by atoms with Crippen LogP contribution in [-0.4, -0.2) is 34.8 Å². The van der Waals surface area contributed by atoms with E-state index >= 15 is 0 Å². The van der Waals surface area contributed by atoms with Gasteiger partial charge >= 0.3 is 0 Å². The molecule has 0 fully saturated rings. The third-order valence-corrected chi connectivity index (χ3v) is 6.79. The smallest absolute Gasteiger partial charge is 0.251 e. The van der Waals surface area contributed by atoms with Crippen LogP contribution in [0.1, 0.15) is 40.0 Å². The maximum absolute atomic E-state index is 12.8. The Kier molecular flexibility index (Phi) is 7.83. The number of rotatable bonds is 9. The molecule has 3 rings (SSSR count). The lowest BCUT2D eigenvalue weighted by Gasteiger charge is -2.23. The quantitative estimate of drug-likeness (QED) is 0.486. The number of amides is 1. The van der Waals surface area contributed by atoms with E-state index in [1.807, 2.05) is 50.2 Å². The third kappa shape index (κ3) is 5.88. The number of carbonyl (C=O) groups excluding carboxylic acids is 1. The minimum Gasteiger partial charge on any atom is -0.493 e. The molecule has 0 heterocycles. The molecule has 0 aliphatic heterocycles. The van der Waals surface area contributed by atoms with Crippen LogP contribution in [-0.2, 0) is 16.6 Å². The van der Waals surface area contributed by atoms with Crippen LogP contribution in [0.2, 0.25) is 0 Å². The molecule has 0 aliphatic carbocycles. The maximum Gasteiger partial charge on any atom is 0.251 e. The van der Waals surface area contributed by atoms with Crippen LogP contribution in [0.5, 0.6) is 11.5 Å². The van der Waals surface area contributed by atoms with Gasteiger partial charge in [-0.05, 0) is 66.9 Å². The largest absolute Gasteiger partial charge is 0.493 e. The number of hydrogen-bond acceptors (Lipinski definition) is 5. The number of methoxy groups -OCH3 is 2. The number of nitrogens with one attached hydrogen (secondary N) is 1. The van der Waals surface area contributed by atoms with Crippen molar-refractivity contribution in [3.63, 3.8) is 0 Å². The van der Waals surface area contributed by atoms with Crippen molar-refractivity contribution >= 4 is 21.6 Å². The van der Waals surface area contributed by atoms with E-state index in [1.165, 1.54) is 10.6 Å². The van der Waals surface area contributed by atoms with E-state index < -0.39 is 10.0 Å². The summed E-state index contributed by atoms with van der Waals surface area (Å²) in [7, 11) is -0.394. The highest BCUT2D eigenvalue weighted by Crippen LogP contribution is 2.30. The normalized spacial score (nSPS) is 12.0.